The maximum Gasteiger partial charge on any atom is 0.134 e. The molecule has 1 fully saturated rings. The molecule has 0 bridgehead atoms. The van der Waals surface area contributed by atoms with Crippen LogP contribution >= 0.6 is 15.9 Å². The van der Waals surface area contributed by atoms with Crippen molar-refractivity contribution in [2.24, 2.45) is 5.92 Å². The van der Waals surface area contributed by atoms with Crippen LogP contribution in [0.3, 0.4) is 0 Å². The van der Waals surface area contributed by atoms with E-state index in [1.165, 1.54) is 25.7 Å². The van der Waals surface area contributed by atoms with Crippen molar-refractivity contribution in [3.05, 3.63) is 22.3 Å². The van der Waals surface area contributed by atoms with Crippen molar-refractivity contribution in [2.45, 2.75) is 45.3 Å². The van der Waals surface area contributed by atoms with Gasteiger partial charge in [0.15, 0.2) is 0 Å². The van der Waals surface area contributed by atoms with Crippen LogP contribution in [0.25, 0.3) is 0 Å². The van der Waals surface area contributed by atoms with Gasteiger partial charge in [0.2, 0.25) is 0 Å². The number of aromatic nitrogens is 1. The monoisotopic (exact) mass is 312 g/mol. The third kappa shape index (κ3) is 2.86. The van der Waals surface area contributed by atoms with Crippen molar-refractivity contribution in [1.29, 1.82) is 0 Å². The van der Waals surface area contributed by atoms with Gasteiger partial charge in [0.05, 0.1) is 6.61 Å². The maximum atomic E-state index is 9.47. The van der Waals surface area contributed by atoms with Crippen LogP contribution in [0.15, 0.2) is 16.7 Å². The molecule has 2 rings (SSSR count). The molecule has 1 aromatic heterocycles. The average Bonchev–Trinajstić information content (AvgIpc) is 2.38. The largest absolute Gasteiger partial charge is 0.392 e. The van der Waals surface area contributed by atoms with Crippen molar-refractivity contribution < 1.29 is 5.11 Å². The number of pyridine rings is 1. The Morgan fingerprint density at radius 3 is 2.83 bits per heavy atom. The van der Waals surface area contributed by atoms with Gasteiger partial charge in [-0.25, -0.2) is 4.98 Å². The number of aliphatic hydroxyl groups is 1. The first-order valence-electron chi connectivity index (χ1n) is 6.61. The van der Waals surface area contributed by atoms with Crippen molar-refractivity contribution >= 4 is 21.7 Å². The Balaban J connectivity index is 2.24. The third-order valence-corrected chi connectivity index (χ3v) is 4.41. The van der Waals surface area contributed by atoms with Gasteiger partial charge < -0.3 is 10.0 Å². The molecule has 2 atom stereocenters. The molecule has 4 heteroatoms. The molecule has 0 aromatic carbocycles. The summed E-state index contributed by atoms with van der Waals surface area (Å²) in [6, 6.07) is 2.49. The number of aliphatic hydroxyl groups excluding tert-OH is 1. The molecule has 0 radical (unpaired) electrons. The summed E-state index contributed by atoms with van der Waals surface area (Å²) in [6.07, 6.45) is 6.95. The standard InChI is InChI=1S/C14H21BrN2O/c1-10-5-3-4-6-13(10)17(2)14-11(9-18)7-12(15)8-16-14/h7-8,10,13,18H,3-6,9H2,1-2H3. The molecule has 1 N–H and O–H groups in total. The molecule has 0 amide bonds. The van der Waals surface area contributed by atoms with Crippen molar-refractivity contribution in [3.8, 4) is 0 Å². The van der Waals surface area contributed by atoms with Crippen LogP contribution in [0, 0.1) is 5.92 Å². The van der Waals surface area contributed by atoms with Gasteiger partial charge in [-0.2, -0.15) is 0 Å². The molecule has 0 saturated heterocycles. The Morgan fingerprint density at radius 2 is 2.17 bits per heavy atom. The molecule has 0 aliphatic heterocycles. The minimum Gasteiger partial charge on any atom is -0.392 e. The van der Waals surface area contributed by atoms with E-state index in [0.717, 1.165) is 15.9 Å². The highest BCUT2D eigenvalue weighted by Crippen LogP contribution is 2.31. The summed E-state index contributed by atoms with van der Waals surface area (Å²) in [4.78, 5) is 6.73. The molecular formula is C14H21BrN2O. The number of nitrogens with zero attached hydrogens (tertiary/aromatic N) is 2. The second kappa shape index (κ2) is 6.02. The normalized spacial score (nSPS) is 24.0. The number of anilines is 1. The summed E-state index contributed by atoms with van der Waals surface area (Å²) in [6.45, 7) is 2.35. The zero-order valence-electron chi connectivity index (χ0n) is 11.1. The summed E-state index contributed by atoms with van der Waals surface area (Å²) in [5.74, 6) is 1.61. The first-order valence-corrected chi connectivity index (χ1v) is 7.41. The van der Waals surface area contributed by atoms with E-state index in [2.05, 4.69) is 39.8 Å². The predicted molar refractivity (Wildman–Crippen MR) is 77.7 cm³/mol. The van der Waals surface area contributed by atoms with Gasteiger partial charge in [-0.3, -0.25) is 0 Å². The second-order valence-electron chi connectivity index (χ2n) is 5.23. The van der Waals surface area contributed by atoms with E-state index in [-0.39, 0.29) is 6.61 Å². The van der Waals surface area contributed by atoms with Gasteiger partial charge >= 0.3 is 0 Å². The van der Waals surface area contributed by atoms with E-state index in [9.17, 15) is 5.11 Å². The Labute approximate surface area is 117 Å². The van der Waals surface area contributed by atoms with E-state index >= 15 is 0 Å². The summed E-state index contributed by atoms with van der Waals surface area (Å²) >= 11 is 3.40. The minimum absolute atomic E-state index is 0.0349. The van der Waals surface area contributed by atoms with E-state index in [4.69, 9.17) is 0 Å². The van der Waals surface area contributed by atoms with Crippen molar-refractivity contribution in [3.63, 3.8) is 0 Å². The van der Waals surface area contributed by atoms with Gasteiger partial charge in [0.25, 0.3) is 0 Å². The number of hydrogen-bond acceptors (Lipinski definition) is 3. The van der Waals surface area contributed by atoms with E-state index in [0.29, 0.717) is 12.0 Å². The lowest BCUT2D eigenvalue weighted by atomic mass is 9.85. The SMILES string of the molecule is CC1CCCCC1N(C)c1ncc(Br)cc1CO. The Morgan fingerprint density at radius 1 is 1.44 bits per heavy atom. The Bertz CT molecular complexity index is 411. The lowest BCUT2D eigenvalue weighted by molar-refractivity contribution is 0.279. The molecule has 100 valence electrons. The third-order valence-electron chi connectivity index (χ3n) is 3.98. The molecule has 1 aromatic rings. The smallest absolute Gasteiger partial charge is 0.134 e. The number of halogens is 1. The highest BCUT2D eigenvalue weighted by Gasteiger charge is 2.26. The van der Waals surface area contributed by atoms with Crippen LogP contribution in [-0.2, 0) is 6.61 Å². The summed E-state index contributed by atoms with van der Waals surface area (Å²) in [7, 11) is 2.10. The van der Waals surface area contributed by atoms with Crippen LogP contribution in [-0.4, -0.2) is 23.2 Å². The first-order chi connectivity index (χ1) is 8.63. The molecule has 18 heavy (non-hydrogen) atoms. The van der Waals surface area contributed by atoms with Gasteiger partial charge in [-0.15, -0.1) is 0 Å². The molecular weight excluding hydrogens is 292 g/mol. The van der Waals surface area contributed by atoms with Gasteiger partial charge in [-0.1, -0.05) is 19.8 Å². The Hall–Kier alpha value is -0.610. The molecule has 3 nitrogen and oxygen atoms in total. The van der Waals surface area contributed by atoms with E-state index in [1.807, 2.05) is 6.07 Å². The highest BCUT2D eigenvalue weighted by atomic mass is 79.9. The zero-order valence-corrected chi connectivity index (χ0v) is 12.7. The summed E-state index contributed by atoms with van der Waals surface area (Å²) in [5.41, 5.74) is 0.893. The molecule has 1 heterocycles. The van der Waals surface area contributed by atoms with Crippen molar-refractivity contribution in [1.82, 2.24) is 4.98 Å². The lowest BCUT2D eigenvalue weighted by Gasteiger charge is -2.37. The van der Waals surface area contributed by atoms with E-state index in [1.54, 1.807) is 6.20 Å². The van der Waals surface area contributed by atoms with Crippen LogP contribution in [0.5, 0.6) is 0 Å². The second-order valence-corrected chi connectivity index (χ2v) is 6.15. The van der Waals surface area contributed by atoms with Gasteiger partial charge in [0.1, 0.15) is 5.82 Å². The van der Waals surface area contributed by atoms with E-state index < -0.39 is 0 Å². The van der Waals surface area contributed by atoms with Gasteiger partial charge in [0, 0.05) is 29.3 Å². The molecule has 2 unspecified atom stereocenters. The Kier molecular flexibility index (Phi) is 4.62. The molecule has 1 aliphatic rings. The summed E-state index contributed by atoms with van der Waals surface area (Å²) in [5, 5.41) is 9.47. The fourth-order valence-corrected chi connectivity index (χ4v) is 3.32. The summed E-state index contributed by atoms with van der Waals surface area (Å²) < 4.78 is 0.917. The maximum absolute atomic E-state index is 9.47. The fraction of sp³-hybridized carbons (Fsp3) is 0.643. The molecule has 1 saturated carbocycles. The zero-order chi connectivity index (χ0) is 13.1. The van der Waals surface area contributed by atoms with Gasteiger partial charge in [-0.05, 0) is 40.8 Å². The van der Waals surface area contributed by atoms with Crippen LogP contribution in [0.2, 0.25) is 0 Å². The quantitative estimate of drug-likeness (QED) is 0.929. The number of rotatable bonds is 3. The lowest BCUT2D eigenvalue weighted by Crippen LogP contribution is -2.40. The van der Waals surface area contributed by atoms with Crippen LogP contribution < -0.4 is 4.90 Å². The first kappa shape index (κ1) is 13.8. The molecule has 1 aliphatic carbocycles. The fourth-order valence-electron chi connectivity index (χ4n) is 2.94. The highest BCUT2D eigenvalue weighted by molar-refractivity contribution is 9.10. The topological polar surface area (TPSA) is 36.4 Å². The average molecular weight is 313 g/mol. The number of hydrogen-bond donors (Lipinski definition) is 1. The van der Waals surface area contributed by atoms with Crippen molar-refractivity contribution in [2.75, 3.05) is 11.9 Å². The van der Waals surface area contributed by atoms with Crippen LogP contribution in [0.4, 0.5) is 5.82 Å². The predicted octanol–water partition coefficient (Wildman–Crippen LogP) is 3.35. The van der Waals surface area contributed by atoms with Crippen LogP contribution in [0.1, 0.15) is 38.2 Å². The molecule has 0 spiro atoms. The minimum atomic E-state index is 0.0349.